The molecule has 0 aliphatic carbocycles. The third kappa shape index (κ3) is 1.91. The van der Waals surface area contributed by atoms with Gasteiger partial charge in [-0.1, -0.05) is 12.1 Å². The Morgan fingerprint density at radius 2 is 2.00 bits per heavy atom. The van der Waals surface area contributed by atoms with Gasteiger partial charge in [-0.15, -0.1) is 0 Å². The standard InChI is InChI=1S/C10H10F2N2O/c1-10(11,12)15-9-13-7-5-3-4-6-8(7)14(9)2/h3-6H,1-2H3. The van der Waals surface area contributed by atoms with E-state index in [4.69, 9.17) is 0 Å². The summed E-state index contributed by atoms with van der Waals surface area (Å²) < 4.78 is 31.2. The van der Waals surface area contributed by atoms with Gasteiger partial charge in [-0.2, -0.15) is 13.8 Å². The molecule has 0 spiro atoms. The van der Waals surface area contributed by atoms with Crippen molar-refractivity contribution in [2.24, 2.45) is 7.05 Å². The molecule has 1 aromatic heterocycles. The molecule has 2 aromatic rings. The lowest BCUT2D eigenvalue weighted by Gasteiger charge is -2.11. The van der Waals surface area contributed by atoms with Gasteiger partial charge in [0, 0.05) is 14.0 Å². The van der Waals surface area contributed by atoms with E-state index in [0.29, 0.717) is 12.4 Å². The number of alkyl halides is 2. The smallest absolute Gasteiger partial charge is 0.397 e. The molecule has 0 aliphatic heterocycles. The van der Waals surface area contributed by atoms with Crippen LogP contribution in [0.5, 0.6) is 6.01 Å². The molecule has 5 heteroatoms. The van der Waals surface area contributed by atoms with Crippen LogP contribution in [0, 0.1) is 0 Å². The maximum absolute atomic E-state index is 12.6. The molecular formula is C10H10F2N2O. The van der Waals surface area contributed by atoms with E-state index in [2.05, 4.69) is 9.72 Å². The van der Waals surface area contributed by atoms with Crippen molar-refractivity contribution in [1.29, 1.82) is 0 Å². The summed E-state index contributed by atoms with van der Waals surface area (Å²) in [4.78, 5) is 3.96. The SMILES string of the molecule is Cn1c(OC(C)(F)F)nc2ccccc21. The van der Waals surface area contributed by atoms with Gasteiger partial charge < -0.3 is 4.74 Å². The largest absolute Gasteiger partial charge is 0.400 e. The first-order valence-electron chi connectivity index (χ1n) is 4.46. The number of benzene rings is 1. The minimum Gasteiger partial charge on any atom is -0.400 e. The Hall–Kier alpha value is -1.65. The predicted octanol–water partition coefficient (Wildman–Crippen LogP) is 2.56. The molecule has 0 fully saturated rings. The van der Waals surface area contributed by atoms with Crippen LogP contribution < -0.4 is 4.74 Å². The first-order valence-corrected chi connectivity index (χ1v) is 4.46. The van der Waals surface area contributed by atoms with Crippen LogP contribution in [0.25, 0.3) is 11.0 Å². The average molecular weight is 212 g/mol. The van der Waals surface area contributed by atoms with Crippen LogP contribution in [-0.4, -0.2) is 15.7 Å². The van der Waals surface area contributed by atoms with E-state index >= 15 is 0 Å². The lowest BCUT2D eigenvalue weighted by molar-refractivity contribution is -0.164. The Labute approximate surface area is 85.3 Å². The highest BCUT2D eigenvalue weighted by Gasteiger charge is 2.26. The Morgan fingerprint density at radius 1 is 1.33 bits per heavy atom. The van der Waals surface area contributed by atoms with Crippen molar-refractivity contribution >= 4 is 11.0 Å². The molecule has 0 radical (unpaired) electrons. The summed E-state index contributed by atoms with van der Waals surface area (Å²) in [5, 5.41) is 0. The van der Waals surface area contributed by atoms with Crippen LogP contribution in [0.4, 0.5) is 8.78 Å². The number of fused-ring (bicyclic) bond motifs is 1. The fraction of sp³-hybridized carbons (Fsp3) is 0.300. The molecule has 0 saturated carbocycles. The predicted molar refractivity (Wildman–Crippen MR) is 52.0 cm³/mol. The zero-order chi connectivity index (χ0) is 11.1. The number of aryl methyl sites for hydroxylation is 1. The van der Waals surface area contributed by atoms with Gasteiger partial charge >= 0.3 is 12.1 Å². The lowest BCUT2D eigenvalue weighted by Crippen LogP contribution is -2.21. The number of halogens is 2. The molecule has 1 aromatic carbocycles. The number of rotatable bonds is 2. The van der Waals surface area contributed by atoms with Gasteiger partial charge in [0.05, 0.1) is 11.0 Å². The number of hydrogen-bond donors (Lipinski definition) is 0. The highest BCUT2D eigenvalue weighted by Crippen LogP contribution is 2.24. The highest BCUT2D eigenvalue weighted by molar-refractivity contribution is 5.76. The van der Waals surface area contributed by atoms with Crippen molar-refractivity contribution in [2.75, 3.05) is 0 Å². The summed E-state index contributed by atoms with van der Waals surface area (Å²) in [5.41, 5.74) is 1.40. The molecule has 3 nitrogen and oxygen atoms in total. The second kappa shape index (κ2) is 3.18. The quantitative estimate of drug-likeness (QED) is 0.764. The maximum Gasteiger partial charge on any atom is 0.397 e. The molecule has 1 heterocycles. The number of imidazole rings is 1. The fourth-order valence-electron chi connectivity index (χ4n) is 1.37. The Morgan fingerprint density at radius 3 is 2.60 bits per heavy atom. The summed E-state index contributed by atoms with van der Waals surface area (Å²) in [6, 6.07) is 7.07. The van der Waals surface area contributed by atoms with E-state index in [9.17, 15) is 8.78 Å². The van der Waals surface area contributed by atoms with Gasteiger partial charge in [-0.05, 0) is 12.1 Å². The second-order valence-electron chi connectivity index (χ2n) is 3.35. The molecule has 0 amide bonds. The first kappa shape index (κ1) is 9.89. The van der Waals surface area contributed by atoms with Crippen LogP contribution in [0.2, 0.25) is 0 Å². The molecule has 0 N–H and O–H groups in total. The average Bonchev–Trinajstić information content (AvgIpc) is 2.42. The monoisotopic (exact) mass is 212 g/mol. The molecule has 2 rings (SSSR count). The van der Waals surface area contributed by atoms with Gasteiger partial charge in [0.1, 0.15) is 0 Å². The molecule has 80 valence electrons. The van der Waals surface area contributed by atoms with Crippen LogP contribution in [0.1, 0.15) is 6.92 Å². The summed E-state index contributed by atoms with van der Waals surface area (Å²) in [6.07, 6.45) is -3.21. The maximum atomic E-state index is 12.6. The van der Waals surface area contributed by atoms with E-state index in [0.717, 1.165) is 5.52 Å². The number of para-hydroxylation sites is 2. The van der Waals surface area contributed by atoms with E-state index < -0.39 is 6.11 Å². The summed E-state index contributed by atoms with van der Waals surface area (Å²) in [6.45, 7) is 0.687. The van der Waals surface area contributed by atoms with Gasteiger partial charge in [0.2, 0.25) is 0 Å². The molecule has 15 heavy (non-hydrogen) atoms. The van der Waals surface area contributed by atoms with E-state index in [1.165, 1.54) is 4.57 Å². The van der Waals surface area contributed by atoms with E-state index in [-0.39, 0.29) is 6.01 Å². The third-order valence-electron chi connectivity index (χ3n) is 2.02. The Balaban J connectivity index is 2.49. The first-order chi connectivity index (χ1) is 6.97. The van der Waals surface area contributed by atoms with Crippen molar-refractivity contribution in [3.63, 3.8) is 0 Å². The minimum atomic E-state index is -3.21. The van der Waals surface area contributed by atoms with Crippen LogP contribution in [0.15, 0.2) is 24.3 Å². The molecule has 0 saturated heterocycles. The number of nitrogens with zero attached hydrogens (tertiary/aromatic N) is 2. The topological polar surface area (TPSA) is 27.1 Å². The summed E-state index contributed by atoms with van der Waals surface area (Å²) in [5.74, 6) is 0. The van der Waals surface area contributed by atoms with Gasteiger partial charge in [-0.3, -0.25) is 4.57 Å². The molecule has 0 atom stereocenters. The molecular weight excluding hydrogens is 202 g/mol. The van der Waals surface area contributed by atoms with Gasteiger partial charge in [0.25, 0.3) is 0 Å². The molecule has 0 bridgehead atoms. The van der Waals surface area contributed by atoms with Crippen molar-refractivity contribution in [1.82, 2.24) is 9.55 Å². The third-order valence-corrected chi connectivity index (χ3v) is 2.02. The molecule has 0 unspecified atom stereocenters. The Bertz CT molecular complexity index is 488. The number of aromatic nitrogens is 2. The normalized spacial score (nSPS) is 12.0. The highest BCUT2D eigenvalue weighted by atomic mass is 19.3. The Kier molecular flexibility index (Phi) is 2.10. The van der Waals surface area contributed by atoms with Gasteiger partial charge in [0.15, 0.2) is 0 Å². The summed E-state index contributed by atoms with van der Waals surface area (Å²) in [7, 11) is 1.64. The zero-order valence-electron chi connectivity index (χ0n) is 8.37. The van der Waals surface area contributed by atoms with E-state index in [1.54, 1.807) is 25.2 Å². The minimum absolute atomic E-state index is 0.0799. The fourth-order valence-corrected chi connectivity index (χ4v) is 1.37. The second-order valence-corrected chi connectivity index (χ2v) is 3.35. The summed E-state index contributed by atoms with van der Waals surface area (Å²) >= 11 is 0. The number of hydrogen-bond acceptors (Lipinski definition) is 2. The van der Waals surface area contributed by atoms with Crippen molar-refractivity contribution in [3.05, 3.63) is 24.3 Å². The van der Waals surface area contributed by atoms with Crippen LogP contribution in [0.3, 0.4) is 0 Å². The van der Waals surface area contributed by atoms with Crippen molar-refractivity contribution in [3.8, 4) is 6.01 Å². The van der Waals surface area contributed by atoms with Crippen molar-refractivity contribution < 1.29 is 13.5 Å². The number of ether oxygens (including phenoxy) is 1. The van der Waals surface area contributed by atoms with Gasteiger partial charge in [-0.25, -0.2) is 0 Å². The van der Waals surface area contributed by atoms with Crippen molar-refractivity contribution in [2.45, 2.75) is 13.0 Å². The van der Waals surface area contributed by atoms with Crippen LogP contribution >= 0.6 is 0 Å². The molecule has 0 aliphatic rings. The lowest BCUT2D eigenvalue weighted by atomic mass is 10.3. The van der Waals surface area contributed by atoms with E-state index in [1.807, 2.05) is 6.07 Å². The van der Waals surface area contributed by atoms with Crippen LogP contribution in [-0.2, 0) is 7.05 Å². The zero-order valence-corrected chi connectivity index (χ0v) is 8.37.